The molecule has 5 aliphatic carbocycles. The van der Waals surface area contributed by atoms with Crippen molar-refractivity contribution >= 4 is 0 Å². The Bertz CT molecular complexity index is 762. The third-order valence-corrected chi connectivity index (χ3v) is 12.0. The van der Waals surface area contributed by atoms with E-state index in [9.17, 15) is 15.3 Å². The maximum atomic E-state index is 11.6. The number of rotatable bonds is 5. The highest BCUT2D eigenvalue weighted by Gasteiger charge is 2.64. The predicted molar refractivity (Wildman–Crippen MR) is 129 cm³/mol. The Kier molecular flexibility index (Phi) is 5.71. The second-order valence-electron chi connectivity index (χ2n) is 13.6. The highest BCUT2D eigenvalue weighted by molar-refractivity contribution is 5.33. The van der Waals surface area contributed by atoms with Gasteiger partial charge in [-0.15, -0.1) is 0 Å². The summed E-state index contributed by atoms with van der Waals surface area (Å²) in [5.74, 6) is 5.26. The molecule has 0 aromatic rings. The van der Waals surface area contributed by atoms with E-state index >= 15 is 0 Å². The Labute approximate surface area is 196 Å². The van der Waals surface area contributed by atoms with Crippen LogP contribution in [0.15, 0.2) is 11.6 Å². The minimum atomic E-state index is -1.19. The summed E-state index contributed by atoms with van der Waals surface area (Å²) in [6.45, 7) is 12.2. The Hall–Kier alpha value is -0.380. The molecule has 182 valence electrons. The molecule has 32 heavy (non-hydrogen) atoms. The van der Waals surface area contributed by atoms with Crippen molar-refractivity contribution < 1.29 is 15.3 Å². The van der Waals surface area contributed by atoms with E-state index in [1.54, 1.807) is 0 Å². The van der Waals surface area contributed by atoms with Crippen LogP contribution in [-0.2, 0) is 0 Å². The fourth-order valence-electron chi connectivity index (χ4n) is 9.61. The molecule has 3 N–H and O–H groups in total. The van der Waals surface area contributed by atoms with Crippen molar-refractivity contribution in [1.29, 1.82) is 0 Å². The summed E-state index contributed by atoms with van der Waals surface area (Å²) in [6.07, 6.45) is 11.7. The van der Waals surface area contributed by atoms with Gasteiger partial charge < -0.3 is 15.3 Å². The van der Waals surface area contributed by atoms with Crippen molar-refractivity contribution in [2.45, 2.75) is 117 Å². The van der Waals surface area contributed by atoms with Gasteiger partial charge in [0.25, 0.3) is 0 Å². The minimum absolute atomic E-state index is 0.310. The normalized spacial score (nSPS) is 54.1. The smallest absolute Gasteiger partial charge is 0.102 e. The Morgan fingerprint density at radius 2 is 1.66 bits per heavy atom. The van der Waals surface area contributed by atoms with Crippen LogP contribution in [0, 0.1) is 52.3 Å². The monoisotopic (exact) mass is 444 g/mol. The molecular weight excluding hydrogens is 396 g/mol. The fourth-order valence-corrected chi connectivity index (χ4v) is 9.61. The molecular formula is C29H48O3. The molecule has 4 saturated carbocycles. The first-order valence-electron chi connectivity index (χ1n) is 13.8. The summed E-state index contributed by atoms with van der Waals surface area (Å²) in [5.41, 5.74) is 0.285. The van der Waals surface area contributed by atoms with Gasteiger partial charge in [0.15, 0.2) is 0 Å². The van der Waals surface area contributed by atoms with Gasteiger partial charge in [-0.25, -0.2) is 0 Å². The maximum absolute atomic E-state index is 11.6. The van der Waals surface area contributed by atoms with Crippen LogP contribution in [0.1, 0.15) is 98.8 Å². The van der Waals surface area contributed by atoms with Crippen molar-refractivity contribution in [3.05, 3.63) is 11.6 Å². The molecule has 0 radical (unpaired) electrons. The van der Waals surface area contributed by atoms with Crippen molar-refractivity contribution in [2.24, 2.45) is 52.3 Å². The van der Waals surface area contributed by atoms with Gasteiger partial charge in [-0.3, -0.25) is 0 Å². The molecule has 0 unspecified atom stereocenters. The Balaban J connectivity index is 1.35. The van der Waals surface area contributed by atoms with Crippen molar-refractivity contribution in [1.82, 2.24) is 0 Å². The van der Waals surface area contributed by atoms with Crippen LogP contribution in [0.3, 0.4) is 0 Å². The topological polar surface area (TPSA) is 60.7 Å². The van der Waals surface area contributed by atoms with Gasteiger partial charge in [0.1, 0.15) is 11.7 Å². The van der Waals surface area contributed by atoms with Crippen LogP contribution in [0.4, 0.5) is 0 Å². The molecule has 0 heterocycles. The number of allylic oxidation sites excluding steroid dienone is 1. The molecule has 0 aromatic carbocycles. The molecule has 0 spiro atoms. The lowest BCUT2D eigenvalue weighted by molar-refractivity contribution is -0.210. The van der Waals surface area contributed by atoms with Gasteiger partial charge in [-0.1, -0.05) is 59.1 Å². The van der Waals surface area contributed by atoms with Crippen LogP contribution in [0.25, 0.3) is 0 Å². The second kappa shape index (κ2) is 7.82. The lowest BCUT2D eigenvalue weighted by Gasteiger charge is -2.62. The van der Waals surface area contributed by atoms with Crippen LogP contribution >= 0.6 is 0 Å². The van der Waals surface area contributed by atoms with Crippen LogP contribution in [0.5, 0.6) is 0 Å². The van der Waals surface area contributed by atoms with E-state index < -0.39 is 17.8 Å². The van der Waals surface area contributed by atoms with E-state index in [1.165, 1.54) is 44.1 Å². The second-order valence-corrected chi connectivity index (χ2v) is 13.6. The molecule has 5 rings (SSSR count). The summed E-state index contributed by atoms with van der Waals surface area (Å²) in [4.78, 5) is 0. The van der Waals surface area contributed by atoms with Crippen LogP contribution in [-0.4, -0.2) is 33.1 Å². The van der Waals surface area contributed by atoms with Crippen molar-refractivity contribution in [3.63, 3.8) is 0 Å². The molecule has 5 aliphatic rings. The first kappa shape index (κ1) is 23.4. The summed E-state index contributed by atoms with van der Waals surface area (Å²) < 4.78 is 0. The fraction of sp³-hybridized carbons (Fsp3) is 0.931. The van der Waals surface area contributed by atoms with E-state index in [1.807, 2.05) is 0 Å². The number of hydrogen-bond donors (Lipinski definition) is 3. The zero-order chi connectivity index (χ0) is 23.1. The first-order valence-corrected chi connectivity index (χ1v) is 13.8. The van der Waals surface area contributed by atoms with Crippen molar-refractivity contribution in [3.8, 4) is 0 Å². The molecule has 4 fully saturated rings. The Morgan fingerprint density at radius 1 is 0.969 bits per heavy atom. The van der Waals surface area contributed by atoms with E-state index in [2.05, 4.69) is 40.7 Å². The van der Waals surface area contributed by atoms with Gasteiger partial charge >= 0.3 is 0 Å². The summed E-state index contributed by atoms with van der Waals surface area (Å²) in [6, 6.07) is 0. The molecule has 3 heteroatoms. The van der Waals surface area contributed by atoms with Gasteiger partial charge in [-0.05, 0) is 91.8 Å². The van der Waals surface area contributed by atoms with Gasteiger partial charge in [0.2, 0.25) is 0 Å². The van der Waals surface area contributed by atoms with Gasteiger partial charge in [0.05, 0.1) is 6.10 Å². The molecule has 0 bridgehead atoms. The van der Waals surface area contributed by atoms with E-state index in [0.717, 1.165) is 48.9 Å². The molecule has 0 amide bonds. The number of aliphatic hydroxyl groups excluding tert-OH is 2. The highest BCUT2D eigenvalue weighted by atomic mass is 16.3. The summed E-state index contributed by atoms with van der Waals surface area (Å²) in [5, 5.41) is 33.0. The minimum Gasteiger partial charge on any atom is -0.393 e. The lowest BCUT2D eigenvalue weighted by Crippen LogP contribution is -2.65. The molecule has 12 atom stereocenters. The average Bonchev–Trinajstić information content (AvgIpc) is 3.36. The first-order chi connectivity index (χ1) is 15.0. The SMILES string of the molecule is C[C@H](CC[C@@H](C)[C@H]1CC[C@H]2C3=C[C@@H](O)[C@@]4(O)C[C@@H](O)CC[C@]4(C)[C@H]3CC[C@]12C)[C@@H]1C[C@H]1C. The van der Waals surface area contributed by atoms with E-state index in [4.69, 9.17) is 0 Å². The number of fused-ring (bicyclic) bond motifs is 5. The molecule has 3 nitrogen and oxygen atoms in total. The highest BCUT2D eigenvalue weighted by Crippen LogP contribution is 2.67. The quantitative estimate of drug-likeness (QED) is 0.475. The standard InChI is InChI=1S/C29H48O3/c1-17(21-14-19(21)3)6-7-18(2)23-8-9-24-22-15-26(31)29(32)16-20(30)10-13-28(29,5)25(22)11-12-27(23,24)4/h15,17-21,23-26,30-32H,6-14,16H2,1-5H3/t17-,18-,19-,20+,21+,23-,24+,25+,26-,27-,28-,29+/m1/s1. The summed E-state index contributed by atoms with van der Waals surface area (Å²) >= 11 is 0. The average molecular weight is 445 g/mol. The van der Waals surface area contributed by atoms with E-state index in [0.29, 0.717) is 23.7 Å². The molecule has 0 saturated heterocycles. The van der Waals surface area contributed by atoms with Gasteiger partial charge in [0, 0.05) is 11.8 Å². The third-order valence-electron chi connectivity index (χ3n) is 12.0. The number of aliphatic hydroxyl groups is 3. The summed E-state index contributed by atoms with van der Waals surface area (Å²) in [7, 11) is 0. The zero-order valence-electron chi connectivity index (χ0n) is 21.2. The number of hydrogen-bond acceptors (Lipinski definition) is 3. The Morgan fingerprint density at radius 3 is 2.34 bits per heavy atom. The zero-order valence-corrected chi connectivity index (χ0v) is 21.2. The lowest BCUT2D eigenvalue weighted by atomic mass is 9.45. The van der Waals surface area contributed by atoms with Crippen molar-refractivity contribution in [2.75, 3.05) is 0 Å². The predicted octanol–water partition coefficient (Wildman–Crippen LogP) is 5.72. The maximum Gasteiger partial charge on any atom is 0.102 e. The largest absolute Gasteiger partial charge is 0.393 e. The van der Waals surface area contributed by atoms with Crippen LogP contribution in [0.2, 0.25) is 0 Å². The third kappa shape index (κ3) is 3.31. The van der Waals surface area contributed by atoms with E-state index in [-0.39, 0.29) is 5.41 Å². The molecule has 0 aliphatic heterocycles. The molecule has 0 aromatic heterocycles. The van der Waals surface area contributed by atoms with Gasteiger partial charge in [-0.2, -0.15) is 0 Å². The van der Waals surface area contributed by atoms with Crippen LogP contribution < -0.4 is 0 Å².